The van der Waals surface area contributed by atoms with Gasteiger partial charge < -0.3 is 4.42 Å². The molecule has 31 heavy (non-hydrogen) atoms. The summed E-state index contributed by atoms with van der Waals surface area (Å²) >= 11 is 0. The van der Waals surface area contributed by atoms with Crippen LogP contribution in [0.25, 0.3) is 33.5 Å². The lowest BCUT2D eigenvalue weighted by Gasteiger charge is -2.20. The predicted octanol–water partition coefficient (Wildman–Crippen LogP) is 4.92. The first-order valence-corrected chi connectivity index (χ1v) is 9.84. The van der Waals surface area contributed by atoms with Crippen molar-refractivity contribution in [2.45, 2.75) is 13.0 Å². The zero-order chi connectivity index (χ0) is 21.5. The van der Waals surface area contributed by atoms with Gasteiger partial charge in [-0.25, -0.2) is 4.39 Å². The van der Waals surface area contributed by atoms with Crippen LogP contribution in [-0.2, 0) is 0 Å². The first-order chi connectivity index (χ1) is 15.1. The van der Waals surface area contributed by atoms with Crippen LogP contribution in [0.1, 0.15) is 18.5 Å². The normalized spacial score (nSPS) is 12.3. The molecule has 2 aromatic heterocycles. The highest BCUT2D eigenvalue weighted by atomic mass is 19.1. The van der Waals surface area contributed by atoms with E-state index in [1.807, 2.05) is 37.3 Å². The standard InChI is InChI=1S/C25H17FN2O3/c1-15(16-9-3-2-4-10-16)28-23(17-11-5-7-13-19(17)26)27-24-21(25(28)30)22(29)18-12-6-8-14-20(18)31-24/h2-15H,1H3. The molecule has 1 atom stereocenters. The summed E-state index contributed by atoms with van der Waals surface area (Å²) in [5.74, 6) is -0.420. The molecule has 0 fully saturated rings. The molecule has 3 aromatic carbocycles. The van der Waals surface area contributed by atoms with Crippen molar-refractivity contribution in [2.75, 3.05) is 0 Å². The van der Waals surface area contributed by atoms with Crippen molar-refractivity contribution in [1.82, 2.24) is 9.55 Å². The van der Waals surface area contributed by atoms with Gasteiger partial charge >= 0.3 is 0 Å². The topological polar surface area (TPSA) is 65.1 Å². The van der Waals surface area contributed by atoms with Crippen LogP contribution >= 0.6 is 0 Å². The molecule has 0 aliphatic rings. The highest BCUT2D eigenvalue weighted by molar-refractivity contribution is 5.88. The predicted molar refractivity (Wildman–Crippen MR) is 118 cm³/mol. The number of benzene rings is 3. The van der Waals surface area contributed by atoms with Gasteiger partial charge in [0.15, 0.2) is 5.39 Å². The summed E-state index contributed by atoms with van der Waals surface area (Å²) in [7, 11) is 0. The quantitative estimate of drug-likeness (QED) is 0.395. The summed E-state index contributed by atoms with van der Waals surface area (Å²) in [6.07, 6.45) is 0. The van der Waals surface area contributed by atoms with Crippen LogP contribution in [0.15, 0.2) is 92.9 Å². The summed E-state index contributed by atoms with van der Waals surface area (Å²) in [5.41, 5.74) is 0.167. The number of aromatic nitrogens is 2. The Labute approximate surface area is 176 Å². The van der Waals surface area contributed by atoms with Gasteiger partial charge in [0.1, 0.15) is 17.2 Å². The molecule has 1 unspecified atom stereocenters. The highest BCUT2D eigenvalue weighted by Gasteiger charge is 2.23. The Bertz CT molecular complexity index is 1560. The summed E-state index contributed by atoms with van der Waals surface area (Å²) in [4.78, 5) is 31.3. The van der Waals surface area contributed by atoms with E-state index in [1.165, 1.54) is 10.6 Å². The molecule has 6 heteroatoms. The van der Waals surface area contributed by atoms with Crippen LogP contribution in [0.5, 0.6) is 0 Å². The van der Waals surface area contributed by atoms with E-state index in [0.717, 1.165) is 5.56 Å². The molecule has 0 N–H and O–H groups in total. The number of halogens is 1. The third kappa shape index (κ3) is 3.04. The first kappa shape index (κ1) is 18.9. The largest absolute Gasteiger partial charge is 0.437 e. The summed E-state index contributed by atoms with van der Waals surface area (Å²) < 4.78 is 21.9. The van der Waals surface area contributed by atoms with Gasteiger partial charge in [0.25, 0.3) is 5.56 Å². The molecule has 0 aliphatic heterocycles. The van der Waals surface area contributed by atoms with E-state index in [0.29, 0.717) is 11.0 Å². The van der Waals surface area contributed by atoms with E-state index in [2.05, 4.69) is 4.98 Å². The summed E-state index contributed by atoms with van der Waals surface area (Å²) in [6, 6.07) is 21.6. The molecule has 5 rings (SSSR count). The van der Waals surface area contributed by atoms with Crippen molar-refractivity contribution >= 4 is 22.1 Å². The van der Waals surface area contributed by atoms with Gasteiger partial charge in [-0.2, -0.15) is 4.98 Å². The second-order valence-electron chi connectivity index (χ2n) is 7.28. The lowest BCUT2D eigenvalue weighted by Crippen LogP contribution is -2.30. The smallest absolute Gasteiger partial charge is 0.269 e. The fraction of sp³-hybridized carbons (Fsp3) is 0.0800. The summed E-state index contributed by atoms with van der Waals surface area (Å²) in [5, 5.41) is 0.146. The van der Waals surface area contributed by atoms with E-state index >= 15 is 0 Å². The average molecular weight is 412 g/mol. The summed E-state index contributed by atoms with van der Waals surface area (Å²) in [6.45, 7) is 1.82. The molecule has 5 aromatic rings. The minimum absolute atomic E-state index is 0.102. The third-order valence-corrected chi connectivity index (χ3v) is 5.43. The fourth-order valence-electron chi connectivity index (χ4n) is 3.84. The van der Waals surface area contributed by atoms with Crippen molar-refractivity contribution < 1.29 is 8.81 Å². The minimum Gasteiger partial charge on any atom is -0.437 e. The van der Waals surface area contributed by atoms with E-state index < -0.39 is 22.8 Å². The van der Waals surface area contributed by atoms with Gasteiger partial charge in [-0.3, -0.25) is 14.2 Å². The maximum absolute atomic E-state index is 14.7. The number of para-hydroxylation sites is 1. The van der Waals surface area contributed by atoms with Crippen LogP contribution in [0.4, 0.5) is 4.39 Å². The maximum Gasteiger partial charge on any atom is 0.269 e. The zero-order valence-electron chi connectivity index (χ0n) is 16.6. The Hall–Kier alpha value is -4.06. The first-order valence-electron chi connectivity index (χ1n) is 9.84. The fourth-order valence-corrected chi connectivity index (χ4v) is 3.84. The van der Waals surface area contributed by atoms with Gasteiger partial charge in [-0.05, 0) is 36.8 Å². The highest BCUT2D eigenvalue weighted by Crippen LogP contribution is 2.27. The van der Waals surface area contributed by atoms with Gasteiger partial charge in [-0.15, -0.1) is 0 Å². The van der Waals surface area contributed by atoms with Crippen molar-refractivity contribution in [2.24, 2.45) is 0 Å². The van der Waals surface area contributed by atoms with Crippen molar-refractivity contribution in [3.63, 3.8) is 0 Å². The number of fused-ring (bicyclic) bond motifs is 2. The number of hydrogen-bond acceptors (Lipinski definition) is 4. The van der Waals surface area contributed by atoms with Crippen molar-refractivity contribution in [3.8, 4) is 11.4 Å². The SMILES string of the molecule is CC(c1ccccc1)n1c(-c2ccccc2F)nc2oc3ccccc3c(=O)c2c1=O. The molecule has 0 saturated carbocycles. The molecular weight excluding hydrogens is 395 g/mol. The Kier molecular flexibility index (Phi) is 4.47. The minimum atomic E-state index is -0.570. The van der Waals surface area contributed by atoms with Crippen molar-refractivity contribution in [3.05, 3.63) is 111 Å². The molecule has 0 saturated heterocycles. The van der Waals surface area contributed by atoms with Crippen LogP contribution in [-0.4, -0.2) is 9.55 Å². The molecular formula is C25H17FN2O3. The Morgan fingerprint density at radius 2 is 1.58 bits per heavy atom. The van der Waals surface area contributed by atoms with Crippen LogP contribution in [0, 0.1) is 5.82 Å². The Morgan fingerprint density at radius 1 is 0.903 bits per heavy atom. The maximum atomic E-state index is 14.7. The van der Waals surface area contributed by atoms with Crippen LogP contribution < -0.4 is 11.0 Å². The van der Waals surface area contributed by atoms with Crippen LogP contribution in [0.3, 0.4) is 0 Å². The van der Waals surface area contributed by atoms with Crippen molar-refractivity contribution in [1.29, 1.82) is 0 Å². The van der Waals surface area contributed by atoms with Gasteiger partial charge in [0.05, 0.1) is 17.0 Å². The number of hydrogen-bond donors (Lipinski definition) is 0. The van der Waals surface area contributed by atoms with E-state index in [1.54, 1.807) is 42.5 Å². The van der Waals surface area contributed by atoms with Gasteiger partial charge in [-0.1, -0.05) is 54.6 Å². The lowest BCUT2D eigenvalue weighted by atomic mass is 10.1. The molecule has 0 radical (unpaired) electrons. The molecule has 2 heterocycles. The van der Waals surface area contributed by atoms with E-state index in [-0.39, 0.29) is 22.5 Å². The Morgan fingerprint density at radius 3 is 2.35 bits per heavy atom. The second-order valence-corrected chi connectivity index (χ2v) is 7.28. The molecule has 0 aliphatic carbocycles. The molecule has 0 amide bonds. The van der Waals surface area contributed by atoms with Gasteiger partial charge in [0.2, 0.25) is 11.1 Å². The van der Waals surface area contributed by atoms with Gasteiger partial charge in [0, 0.05) is 0 Å². The zero-order valence-corrected chi connectivity index (χ0v) is 16.6. The number of nitrogens with zero attached hydrogens (tertiary/aromatic N) is 2. The van der Waals surface area contributed by atoms with E-state index in [4.69, 9.17) is 4.42 Å². The monoisotopic (exact) mass is 412 g/mol. The lowest BCUT2D eigenvalue weighted by molar-refractivity contribution is 0.588. The molecule has 5 nitrogen and oxygen atoms in total. The average Bonchev–Trinajstić information content (AvgIpc) is 2.79. The molecule has 152 valence electrons. The number of rotatable bonds is 3. The second kappa shape index (κ2) is 7.32. The third-order valence-electron chi connectivity index (χ3n) is 5.43. The van der Waals surface area contributed by atoms with E-state index in [9.17, 15) is 14.0 Å². The molecule has 0 spiro atoms. The van der Waals surface area contributed by atoms with Crippen LogP contribution in [0.2, 0.25) is 0 Å². The molecule has 0 bridgehead atoms. The Balaban J connectivity index is 1.94.